The van der Waals surface area contributed by atoms with Crippen LogP contribution in [-0.2, 0) is 6.42 Å². The van der Waals surface area contributed by atoms with E-state index in [0.717, 1.165) is 11.8 Å². The first-order valence-corrected chi connectivity index (χ1v) is 7.06. The molecule has 2 saturated carbocycles. The van der Waals surface area contributed by atoms with Crippen molar-refractivity contribution in [1.29, 1.82) is 0 Å². The number of halogens is 1. The van der Waals surface area contributed by atoms with Crippen LogP contribution in [0.1, 0.15) is 38.2 Å². The Balaban J connectivity index is 0.00000120. The molecule has 0 aliphatic heterocycles. The smallest absolute Gasteiger partial charge is 0.0130 e. The zero-order valence-electron chi connectivity index (χ0n) is 11.1. The van der Waals surface area contributed by atoms with Gasteiger partial charge in [0.1, 0.15) is 0 Å². The van der Waals surface area contributed by atoms with Crippen molar-refractivity contribution in [2.75, 3.05) is 0 Å². The Morgan fingerprint density at radius 1 is 1.22 bits per heavy atom. The highest BCUT2D eigenvalue weighted by atomic mass is 35.5. The van der Waals surface area contributed by atoms with E-state index in [1.54, 1.807) is 0 Å². The van der Waals surface area contributed by atoms with Gasteiger partial charge in [-0.3, -0.25) is 0 Å². The second-order valence-electron chi connectivity index (χ2n) is 6.04. The lowest BCUT2D eigenvalue weighted by atomic mass is 9.65. The molecular weight excluding hydrogens is 242 g/mol. The van der Waals surface area contributed by atoms with Gasteiger partial charge in [-0.05, 0) is 54.9 Å². The maximum Gasteiger partial charge on any atom is 0.0130 e. The summed E-state index contributed by atoms with van der Waals surface area (Å²) >= 11 is 0. The van der Waals surface area contributed by atoms with E-state index in [4.69, 9.17) is 5.73 Å². The van der Waals surface area contributed by atoms with Gasteiger partial charge in [-0.1, -0.05) is 37.3 Å². The Morgan fingerprint density at radius 3 is 2.50 bits per heavy atom. The number of nitrogens with two attached hydrogens (primary N) is 1. The minimum Gasteiger partial charge on any atom is -0.327 e. The monoisotopic (exact) mass is 265 g/mol. The molecule has 0 heterocycles. The van der Waals surface area contributed by atoms with Crippen molar-refractivity contribution >= 4 is 12.4 Å². The third kappa shape index (κ3) is 1.98. The van der Waals surface area contributed by atoms with Gasteiger partial charge in [-0.25, -0.2) is 0 Å². The first kappa shape index (κ1) is 13.9. The first-order chi connectivity index (χ1) is 8.26. The average molecular weight is 266 g/mol. The highest BCUT2D eigenvalue weighted by Crippen LogP contribution is 2.58. The molecule has 0 amide bonds. The highest BCUT2D eigenvalue weighted by Gasteiger charge is 2.55. The molecule has 3 rings (SSSR count). The summed E-state index contributed by atoms with van der Waals surface area (Å²) in [6, 6.07) is 11.4. The molecule has 0 saturated heterocycles. The van der Waals surface area contributed by atoms with E-state index in [1.807, 2.05) is 0 Å². The van der Waals surface area contributed by atoms with Crippen LogP contribution >= 0.6 is 12.4 Å². The van der Waals surface area contributed by atoms with Gasteiger partial charge in [0, 0.05) is 6.04 Å². The molecule has 18 heavy (non-hydrogen) atoms. The van der Waals surface area contributed by atoms with Crippen LogP contribution in [0.2, 0.25) is 0 Å². The van der Waals surface area contributed by atoms with Gasteiger partial charge in [-0.2, -0.15) is 0 Å². The second-order valence-corrected chi connectivity index (χ2v) is 6.04. The lowest BCUT2D eigenvalue weighted by Crippen LogP contribution is -2.47. The summed E-state index contributed by atoms with van der Waals surface area (Å²) in [5.74, 6) is 1.69. The van der Waals surface area contributed by atoms with Gasteiger partial charge in [-0.15, -0.1) is 12.4 Å². The molecule has 2 aliphatic carbocycles. The summed E-state index contributed by atoms with van der Waals surface area (Å²) in [5.41, 5.74) is 8.42. The van der Waals surface area contributed by atoms with Crippen molar-refractivity contribution in [3.05, 3.63) is 35.9 Å². The number of fused-ring (bicyclic) bond motifs is 2. The Morgan fingerprint density at radius 2 is 1.94 bits per heavy atom. The topological polar surface area (TPSA) is 26.0 Å². The largest absolute Gasteiger partial charge is 0.327 e. The third-order valence-electron chi connectivity index (χ3n) is 5.49. The van der Waals surface area contributed by atoms with Gasteiger partial charge in [0.25, 0.3) is 0 Å². The predicted octanol–water partition coefficient (Wildman–Crippen LogP) is 3.80. The van der Waals surface area contributed by atoms with E-state index in [0.29, 0.717) is 11.5 Å². The summed E-state index contributed by atoms with van der Waals surface area (Å²) < 4.78 is 0. The third-order valence-corrected chi connectivity index (χ3v) is 5.49. The standard InChI is InChI=1S/C16H23N.ClH/c1-2-16(11-12-6-4-3-5-7-12)14-9-8-13(10-14)15(16)17;/h3-7,13-15H,2,8-11,17H2,1H3;1H/t13-,14+,15-,16+;/m0./s1. The molecule has 0 aromatic heterocycles. The van der Waals surface area contributed by atoms with Gasteiger partial charge in [0.2, 0.25) is 0 Å². The van der Waals surface area contributed by atoms with E-state index in [-0.39, 0.29) is 12.4 Å². The molecule has 2 heteroatoms. The molecule has 1 aromatic rings. The van der Waals surface area contributed by atoms with Crippen LogP contribution in [0.3, 0.4) is 0 Å². The SMILES string of the molecule is CC[C@@]1(Cc2ccccc2)[C@@H]2CC[C@@H](C2)[C@@H]1N.Cl. The maximum atomic E-state index is 6.56. The molecule has 1 aromatic carbocycles. The number of benzene rings is 1. The molecule has 100 valence electrons. The molecule has 0 radical (unpaired) electrons. The molecule has 2 fully saturated rings. The van der Waals surface area contributed by atoms with Crippen LogP contribution < -0.4 is 5.73 Å². The first-order valence-electron chi connectivity index (χ1n) is 7.06. The zero-order valence-corrected chi connectivity index (χ0v) is 12.0. The molecule has 2 N–H and O–H groups in total. The summed E-state index contributed by atoms with van der Waals surface area (Å²) in [5, 5.41) is 0. The van der Waals surface area contributed by atoms with E-state index < -0.39 is 0 Å². The normalized spacial score (nSPS) is 37.6. The summed E-state index contributed by atoms with van der Waals surface area (Å²) in [6.45, 7) is 2.34. The van der Waals surface area contributed by atoms with Crippen molar-refractivity contribution in [1.82, 2.24) is 0 Å². The Bertz CT molecular complexity index is 387. The van der Waals surface area contributed by atoms with Crippen molar-refractivity contribution < 1.29 is 0 Å². The average Bonchev–Trinajstić information content (AvgIpc) is 2.94. The Hall–Kier alpha value is -0.530. The van der Waals surface area contributed by atoms with Crippen molar-refractivity contribution in [3.63, 3.8) is 0 Å². The van der Waals surface area contributed by atoms with Gasteiger partial charge in [0.05, 0.1) is 0 Å². The van der Waals surface area contributed by atoms with Gasteiger partial charge in [0.15, 0.2) is 0 Å². The van der Waals surface area contributed by atoms with Crippen LogP contribution in [0.5, 0.6) is 0 Å². The highest BCUT2D eigenvalue weighted by molar-refractivity contribution is 5.85. The zero-order chi connectivity index (χ0) is 11.9. The van der Waals surface area contributed by atoms with E-state index >= 15 is 0 Å². The minimum absolute atomic E-state index is 0. The minimum atomic E-state index is 0. The summed E-state index contributed by atoms with van der Waals surface area (Å²) in [7, 11) is 0. The number of hydrogen-bond donors (Lipinski definition) is 1. The quantitative estimate of drug-likeness (QED) is 0.884. The van der Waals surface area contributed by atoms with Crippen LogP contribution in [0.4, 0.5) is 0 Å². The molecular formula is C16H24ClN. The van der Waals surface area contributed by atoms with Gasteiger partial charge < -0.3 is 5.73 Å². The Labute approximate surface area is 117 Å². The summed E-state index contributed by atoms with van der Waals surface area (Å²) in [4.78, 5) is 0. The fourth-order valence-electron chi connectivity index (χ4n) is 4.49. The molecule has 2 aliphatic rings. The van der Waals surface area contributed by atoms with E-state index in [1.165, 1.54) is 37.7 Å². The van der Waals surface area contributed by atoms with Crippen molar-refractivity contribution in [3.8, 4) is 0 Å². The Kier molecular flexibility index (Phi) is 4.03. The van der Waals surface area contributed by atoms with Crippen LogP contribution in [0, 0.1) is 17.3 Å². The molecule has 0 spiro atoms. The maximum absolute atomic E-state index is 6.56. The number of hydrogen-bond acceptors (Lipinski definition) is 1. The molecule has 1 nitrogen and oxygen atoms in total. The fraction of sp³-hybridized carbons (Fsp3) is 0.625. The van der Waals surface area contributed by atoms with Crippen LogP contribution in [0.15, 0.2) is 30.3 Å². The summed E-state index contributed by atoms with van der Waals surface area (Å²) in [6.07, 6.45) is 6.61. The van der Waals surface area contributed by atoms with Crippen LogP contribution in [0.25, 0.3) is 0 Å². The van der Waals surface area contributed by atoms with Crippen LogP contribution in [-0.4, -0.2) is 6.04 Å². The van der Waals surface area contributed by atoms with E-state index in [9.17, 15) is 0 Å². The van der Waals surface area contributed by atoms with Gasteiger partial charge >= 0.3 is 0 Å². The molecule has 0 unspecified atom stereocenters. The van der Waals surface area contributed by atoms with Crippen molar-refractivity contribution in [2.45, 2.75) is 45.1 Å². The lowest BCUT2D eigenvalue weighted by Gasteiger charge is -2.42. The molecule has 4 atom stereocenters. The van der Waals surface area contributed by atoms with Crippen molar-refractivity contribution in [2.24, 2.45) is 23.0 Å². The van der Waals surface area contributed by atoms with E-state index in [2.05, 4.69) is 37.3 Å². The second kappa shape index (κ2) is 5.22. The fourth-order valence-corrected chi connectivity index (χ4v) is 4.49. The lowest BCUT2D eigenvalue weighted by molar-refractivity contribution is 0.124. The number of rotatable bonds is 3. The molecule has 2 bridgehead atoms. The predicted molar refractivity (Wildman–Crippen MR) is 78.9 cm³/mol.